The Kier molecular flexibility index (Phi) is 5.34. The molecule has 0 aliphatic carbocycles. The Morgan fingerprint density at radius 3 is 1.53 bits per heavy atom. The Balaban J connectivity index is 1.19. The van der Waals surface area contributed by atoms with Gasteiger partial charge in [-0.25, -0.2) is 0 Å². The highest BCUT2D eigenvalue weighted by molar-refractivity contribution is 5.82. The van der Waals surface area contributed by atoms with Crippen molar-refractivity contribution in [2.24, 2.45) is 0 Å². The molecule has 2 aromatic heterocycles. The molecule has 2 aliphatic heterocycles. The smallest absolute Gasteiger partial charge is 0.0550 e. The van der Waals surface area contributed by atoms with Gasteiger partial charge in [-0.05, 0) is 61.7 Å². The first-order valence-corrected chi connectivity index (χ1v) is 12.0. The van der Waals surface area contributed by atoms with Crippen molar-refractivity contribution in [1.29, 1.82) is 0 Å². The van der Waals surface area contributed by atoms with Crippen LogP contribution in [-0.2, 0) is 13.1 Å². The maximum absolute atomic E-state index is 4.78. The molecular weight excluding hydrogens is 392 g/mol. The summed E-state index contributed by atoms with van der Waals surface area (Å²) in [5.41, 5.74) is 2.38. The molecule has 0 bridgehead atoms. The zero-order valence-electron chi connectivity index (χ0n) is 18.5. The monoisotopic (exact) mass is 422 g/mol. The molecule has 4 heterocycles. The Hall–Kier alpha value is -2.82. The van der Waals surface area contributed by atoms with Crippen LogP contribution >= 0.6 is 0 Å². The maximum atomic E-state index is 4.78. The number of rotatable bonds is 5. The Labute approximate surface area is 189 Å². The highest BCUT2D eigenvalue weighted by atomic mass is 15.3. The molecule has 2 aliphatic rings. The molecule has 6 rings (SSSR count). The van der Waals surface area contributed by atoms with Gasteiger partial charge in [0.15, 0.2) is 0 Å². The third-order valence-corrected chi connectivity index (χ3v) is 7.38. The Bertz CT molecular complexity index is 1140. The second-order valence-electron chi connectivity index (χ2n) is 9.41. The van der Waals surface area contributed by atoms with Crippen LogP contribution in [-0.4, -0.2) is 44.9 Å². The SMILES string of the molecule is c1ccc2cc(CN3CCC[C@H]3[C@@H]3CCCN3Cc3cc4ccccc4cn3)ncc2c1. The molecule has 0 N–H and O–H groups in total. The molecular formula is C28H30N4. The Morgan fingerprint density at radius 2 is 1.06 bits per heavy atom. The standard InChI is InChI=1S/C28H30N4/c1-3-9-23-17-29-25(15-21(23)7-1)19-31-13-5-11-27(31)28-12-6-14-32(28)20-26-16-22-8-2-4-10-24(22)18-30-26/h1-4,7-10,15-18,27-28H,5-6,11-14,19-20H2/t27-,28-/m0/s1. The molecule has 162 valence electrons. The zero-order valence-corrected chi connectivity index (χ0v) is 18.5. The van der Waals surface area contributed by atoms with Crippen LogP contribution in [0.3, 0.4) is 0 Å². The molecule has 2 fully saturated rings. The predicted octanol–water partition coefficient (Wildman–Crippen LogP) is 5.41. The fraction of sp³-hybridized carbons (Fsp3) is 0.357. The van der Waals surface area contributed by atoms with Crippen LogP contribution in [0.15, 0.2) is 73.1 Å². The van der Waals surface area contributed by atoms with E-state index < -0.39 is 0 Å². The summed E-state index contributed by atoms with van der Waals surface area (Å²) in [6.45, 7) is 4.26. The molecule has 2 atom stereocenters. The van der Waals surface area contributed by atoms with Crippen LogP contribution in [0.4, 0.5) is 0 Å². The van der Waals surface area contributed by atoms with Crippen LogP contribution in [0.5, 0.6) is 0 Å². The summed E-state index contributed by atoms with van der Waals surface area (Å²) in [6.07, 6.45) is 9.22. The summed E-state index contributed by atoms with van der Waals surface area (Å²) < 4.78 is 0. The third-order valence-electron chi connectivity index (χ3n) is 7.38. The number of benzene rings is 2. The average molecular weight is 423 g/mol. The predicted molar refractivity (Wildman–Crippen MR) is 130 cm³/mol. The van der Waals surface area contributed by atoms with E-state index in [0.29, 0.717) is 12.1 Å². The van der Waals surface area contributed by atoms with Crippen LogP contribution < -0.4 is 0 Å². The van der Waals surface area contributed by atoms with Gasteiger partial charge in [0, 0.05) is 48.3 Å². The minimum atomic E-state index is 0.617. The van der Waals surface area contributed by atoms with Gasteiger partial charge < -0.3 is 0 Å². The van der Waals surface area contributed by atoms with Gasteiger partial charge in [-0.1, -0.05) is 48.5 Å². The summed E-state index contributed by atoms with van der Waals surface area (Å²) >= 11 is 0. The summed E-state index contributed by atoms with van der Waals surface area (Å²) in [5.74, 6) is 0. The first-order valence-electron chi connectivity index (χ1n) is 12.0. The number of hydrogen-bond acceptors (Lipinski definition) is 4. The van der Waals surface area contributed by atoms with E-state index in [0.717, 1.165) is 13.1 Å². The minimum absolute atomic E-state index is 0.617. The molecule has 4 nitrogen and oxygen atoms in total. The lowest BCUT2D eigenvalue weighted by Gasteiger charge is -2.35. The zero-order chi connectivity index (χ0) is 21.3. The molecule has 4 aromatic rings. The van der Waals surface area contributed by atoms with Gasteiger partial charge in [-0.2, -0.15) is 0 Å². The van der Waals surface area contributed by atoms with Crippen molar-refractivity contribution in [3.05, 3.63) is 84.4 Å². The van der Waals surface area contributed by atoms with E-state index in [1.165, 1.54) is 71.7 Å². The molecule has 0 saturated carbocycles. The highest BCUT2D eigenvalue weighted by Gasteiger charge is 2.37. The molecule has 0 unspecified atom stereocenters. The van der Waals surface area contributed by atoms with Gasteiger partial charge in [0.05, 0.1) is 11.4 Å². The molecule has 4 heteroatoms. The number of fused-ring (bicyclic) bond motifs is 2. The fourth-order valence-electron chi connectivity index (χ4n) is 5.82. The Morgan fingerprint density at radius 1 is 0.625 bits per heavy atom. The minimum Gasteiger partial charge on any atom is -0.293 e. The van der Waals surface area contributed by atoms with E-state index in [1.54, 1.807) is 0 Å². The number of hydrogen-bond donors (Lipinski definition) is 0. The molecule has 0 amide bonds. The topological polar surface area (TPSA) is 32.3 Å². The normalized spacial score (nSPS) is 22.2. The lowest BCUT2D eigenvalue weighted by atomic mass is 10.0. The largest absolute Gasteiger partial charge is 0.293 e. The van der Waals surface area contributed by atoms with Crippen molar-refractivity contribution < 1.29 is 0 Å². The van der Waals surface area contributed by atoms with E-state index in [1.807, 2.05) is 12.4 Å². The van der Waals surface area contributed by atoms with Crippen LogP contribution in [0.2, 0.25) is 0 Å². The molecule has 0 radical (unpaired) electrons. The average Bonchev–Trinajstić information content (AvgIpc) is 3.48. The fourth-order valence-corrected chi connectivity index (χ4v) is 5.82. The van der Waals surface area contributed by atoms with Gasteiger partial charge in [0.25, 0.3) is 0 Å². The number of likely N-dealkylation sites (tertiary alicyclic amines) is 2. The van der Waals surface area contributed by atoms with E-state index >= 15 is 0 Å². The van der Waals surface area contributed by atoms with Crippen LogP contribution in [0, 0.1) is 0 Å². The van der Waals surface area contributed by atoms with Gasteiger partial charge >= 0.3 is 0 Å². The molecule has 32 heavy (non-hydrogen) atoms. The van der Waals surface area contributed by atoms with E-state index in [-0.39, 0.29) is 0 Å². The third kappa shape index (κ3) is 3.89. The van der Waals surface area contributed by atoms with Gasteiger partial charge in [-0.3, -0.25) is 19.8 Å². The lowest BCUT2D eigenvalue weighted by Crippen LogP contribution is -2.45. The van der Waals surface area contributed by atoms with Crippen molar-refractivity contribution >= 4 is 21.5 Å². The van der Waals surface area contributed by atoms with E-state index in [2.05, 4.69) is 70.5 Å². The van der Waals surface area contributed by atoms with Crippen molar-refractivity contribution in [3.63, 3.8) is 0 Å². The molecule has 2 saturated heterocycles. The first-order chi connectivity index (χ1) is 15.8. The molecule has 0 spiro atoms. The van der Waals surface area contributed by atoms with Gasteiger partial charge in [0.1, 0.15) is 0 Å². The van der Waals surface area contributed by atoms with E-state index in [4.69, 9.17) is 9.97 Å². The number of pyridine rings is 2. The number of nitrogens with zero attached hydrogens (tertiary/aromatic N) is 4. The molecule has 2 aromatic carbocycles. The van der Waals surface area contributed by atoms with Crippen molar-refractivity contribution in [1.82, 2.24) is 19.8 Å². The van der Waals surface area contributed by atoms with Gasteiger partial charge in [-0.15, -0.1) is 0 Å². The van der Waals surface area contributed by atoms with Crippen molar-refractivity contribution in [2.75, 3.05) is 13.1 Å². The van der Waals surface area contributed by atoms with Crippen molar-refractivity contribution in [3.8, 4) is 0 Å². The summed E-state index contributed by atoms with van der Waals surface area (Å²) in [5, 5.41) is 5.02. The quantitative estimate of drug-likeness (QED) is 0.430. The maximum Gasteiger partial charge on any atom is 0.0550 e. The summed E-state index contributed by atoms with van der Waals surface area (Å²) in [7, 11) is 0. The summed E-state index contributed by atoms with van der Waals surface area (Å²) in [6, 6.07) is 22.8. The van der Waals surface area contributed by atoms with Crippen LogP contribution in [0.25, 0.3) is 21.5 Å². The van der Waals surface area contributed by atoms with Gasteiger partial charge in [0.2, 0.25) is 0 Å². The number of aromatic nitrogens is 2. The van der Waals surface area contributed by atoms with E-state index in [9.17, 15) is 0 Å². The summed E-state index contributed by atoms with van der Waals surface area (Å²) in [4.78, 5) is 14.9. The second-order valence-corrected chi connectivity index (χ2v) is 9.41. The lowest BCUT2D eigenvalue weighted by molar-refractivity contribution is 0.122. The van der Waals surface area contributed by atoms with Crippen molar-refractivity contribution in [2.45, 2.75) is 50.9 Å². The van der Waals surface area contributed by atoms with Crippen LogP contribution in [0.1, 0.15) is 37.1 Å². The first kappa shape index (κ1) is 19.8. The second kappa shape index (κ2) is 8.61. The highest BCUT2D eigenvalue weighted by Crippen LogP contribution is 2.32.